The maximum absolute atomic E-state index is 12.9. The van der Waals surface area contributed by atoms with Gasteiger partial charge in [-0.2, -0.15) is 13.2 Å². The molecule has 1 spiro atoms. The van der Waals surface area contributed by atoms with Crippen LogP contribution in [-0.2, 0) is 9.53 Å². The van der Waals surface area contributed by atoms with Gasteiger partial charge in [-0.3, -0.25) is 4.79 Å². The fourth-order valence-corrected chi connectivity index (χ4v) is 4.50. The number of rotatable bonds is 2. The maximum Gasteiger partial charge on any atom is 0.417 e. The molecule has 1 heterocycles. The van der Waals surface area contributed by atoms with Crippen molar-refractivity contribution >= 4 is 12.0 Å². The third-order valence-corrected chi connectivity index (χ3v) is 6.40. The number of hydrogen-bond acceptors (Lipinski definition) is 4. The first kappa shape index (κ1) is 22.2. The minimum atomic E-state index is -4.67. The molecule has 3 fully saturated rings. The minimum Gasteiger partial charge on any atom is -0.444 e. The van der Waals surface area contributed by atoms with Gasteiger partial charge in [0.2, 0.25) is 5.91 Å². The van der Waals surface area contributed by atoms with Crippen LogP contribution in [0.2, 0.25) is 0 Å². The summed E-state index contributed by atoms with van der Waals surface area (Å²) in [5, 5.41) is 12.7. The van der Waals surface area contributed by atoms with Crippen molar-refractivity contribution in [3.63, 3.8) is 0 Å². The monoisotopic (exact) mass is 420 g/mol. The quantitative estimate of drug-likeness (QED) is 0.717. The van der Waals surface area contributed by atoms with E-state index in [-0.39, 0.29) is 36.4 Å². The first-order chi connectivity index (χ1) is 13.2. The number of ether oxygens (including phenoxy) is 1. The summed E-state index contributed by atoms with van der Waals surface area (Å²) in [6.07, 6.45) is -2.91. The molecule has 0 radical (unpaired) electrons. The molecule has 2 amide bonds. The van der Waals surface area contributed by atoms with Crippen molar-refractivity contribution in [3.05, 3.63) is 0 Å². The Bertz CT molecular complexity index is 647. The Balaban J connectivity index is 1.52. The third kappa shape index (κ3) is 4.81. The number of nitrogens with zero attached hydrogens (tertiary/aromatic N) is 1. The lowest BCUT2D eigenvalue weighted by Crippen LogP contribution is -2.55. The van der Waals surface area contributed by atoms with E-state index in [0.717, 1.165) is 12.8 Å². The number of carbonyl (C=O) groups is 2. The molecule has 29 heavy (non-hydrogen) atoms. The summed E-state index contributed by atoms with van der Waals surface area (Å²) in [4.78, 5) is 26.8. The first-order valence-electron chi connectivity index (χ1n) is 10.3. The van der Waals surface area contributed by atoms with Gasteiger partial charge in [-0.05, 0) is 72.1 Å². The van der Waals surface area contributed by atoms with Crippen molar-refractivity contribution < 1.29 is 32.6 Å². The molecule has 1 saturated heterocycles. The highest BCUT2D eigenvalue weighted by Crippen LogP contribution is 2.49. The molecular formula is C20H31F3N2O4. The van der Waals surface area contributed by atoms with Crippen LogP contribution in [0.25, 0.3) is 0 Å². The highest BCUT2D eigenvalue weighted by atomic mass is 19.4. The number of nitrogens with one attached hydrogen (secondary N) is 1. The Kier molecular flexibility index (Phi) is 5.60. The van der Waals surface area contributed by atoms with Crippen LogP contribution < -0.4 is 5.32 Å². The van der Waals surface area contributed by atoms with Gasteiger partial charge in [-0.15, -0.1) is 0 Å². The molecule has 9 heteroatoms. The highest BCUT2D eigenvalue weighted by molar-refractivity contribution is 5.79. The number of carbonyl (C=O) groups excluding carboxylic acids is 2. The van der Waals surface area contributed by atoms with Crippen LogP contribution in [0, 0.1) is 5.92 Å². The van der Waals surface area contributed by atoms with Crippen molar-refractivity contribution in [1.29, 1.82) is 0 Å². The lowest BCUT2D eigenvalue weighted by molar-refractivity contribution is -0.271. The predicted octanol–water partition coefficient (Wildman–Crippen LogP) is 3.52. The van der Waals surface area contributed by atoms with Gasteiger partial charge in [-0.25, -0.2) is 4.79 Å². The molecule has 1 unspecified atom stereocenters. The van der Waals surface area contributed by atoms with Crippen LogP contribution >= 0.6 is 0 Å². The van der Waals surface area contributed by atoms with E-state index in [0.29, 0.717) is 19.4 Å². The van der Waals surface area contributed by atoms with Gasteiger partial charge in [0.25, 0.3) is 0 Å². The summed E-state index contributed by atoms with van der Waals surface area (Å²) in [5.74, 6) is -0.766. The Morgan fingerprint density at radius 2 is 1.66 bits per heavy atom. The zero-order valence-electron chi connectivity index (χ0n) is 17.3. The van der Waals surface area contributed by atoms with E-state index in [4.69, 9.17) is 4.74 Å². The molecule has 2 aliphatic carbocycles. The van der Waals surface area contributed by atoms with Crippen molar-refractivity contribution in [2.24, 2.45) is 5.92 Å². The Labute approximate surface area is 169 Å². The minimum absolute atomic E-state index is 0.0176. The largest absolute Gasteiger partial charge is 0.444 e. The fraction of sp³-hybridized carbons (Fsp3) is 0.900. The Morgan fingerprint density at radius 3 is 2.14 bits per heavy atom. The molecular weight excluding hydrogens is 389 g/mol. The number of amides is 2. The number of halogens is 3. The average molecular weight is 420 g/mol. The van der Waals surface area contributed by atoms with Crippen molar-refractivity contribution in [2.75, 3.05) is 6.54 Å². The van der Waals surface area contributed by atoms with Crippen LogP contribution in [0.1, 0.15) is 72.1 Å². The second kappa shape index (κ2) is 7.32. The van der Waals surface area contributed by atoms with E-state index < -0.39 is 36.1 Å². The van der Waals surface area contributed by atoms with Crippen molar-refractivity contribution in [3.8, 4) is 0 Å². The predicted molar refractivity (Wildman–Crippen MR) is 99.0 cm³/mol. The standard InChI is InChI=1S/C20H31F3N2O4/c1-17(2,3)29-16(27)25-11-6-14(12-18(25)9-10-18)24-15(26)13-4-7-19(28,8-5-13)20(21,22)23/h13-14,28H,4-12H2,1-3H3,(H,24,26). The van der Waals surface area contributed by atoms with E-state index >= 15 is 0 Å². The van der Waals surface area contributed by atoms with Crippen molar-refractivity contribution in [2.45, 2.75) is 101 Å². The van der Waals surface area contributed by atoms with Gasteiger partial charge in [0.15, 0.2) is 5.60 Å². The topological polar surface area (TPSA) is 78.9 Å². The van der Waals surface area contributed by atoms with Crippen LogP contribution in [0.15, 0.2) is 0 Å². The van der Waals surface area contributed by atoms with Gasteiger partial charge in [-0.1, -0.05) is 0 Å². The van der Waals surface area contributed by atoms with Crippen LogP contribution in [0.5, 0.6) is 0 Å². The molecule has 0 bridgehead atoms. The highest BCUT2D eigenvalue weighted by Gasteiger charge is 2.56. The fourth-order valence-electron chi connectivity index (χ4n) is 4.50. The lowest BCUT2D eigenvalue weighted by Gasteiger charge is -2.41. The summed E-state index contributed by atoms with van der Waals surface area (Å²) in [6, 6.07) is -0.105. The smallest absolute Gasteiger partial charge is 0.417 e. The third-order valence-electron chi connectivity index (χ3n) is 6.40. The number of alkyl halides is 3. The normalized spacial score (nSPS) is 32.0. The van der Waals surface area contributed by atoms with Crippen LogP contribution in [0.3, 0.4) is 0 Å². The summed E-state index contributed by atoms with van der Waals surface area (Å²) in [6.45, 7) is 5.95. The molecule has 3 aliphatic rings. The van der Waals surface area contributed by atoms with E-state index in [1.54, 1.807) is 4.90 Å². The molecule has 3 rings (SSSR count). The zero-order valence-corrected chi connectivity index (χ0v) is 17.3. The van der Waals surface area contributed by atoms with E-state index in [1.807, 2.05) is 20.8 Å². The first-order valence-corrected chi connectivity index (χ1v) is 10.3. The van der Waals surface area contributed by atoms with Crippen molar-refractivity contribution in [1.82, 2.24) is 10.2 Å². The maximum atomic E-state index is 12.9. The van der Waals surface area contributed by atoms with Gasteiger partial charge in [0, 0.05) is 24.0 Å². The Morgan fingerprint density at radius 1 is 1.07 bits per heavy atom. The molecule has 0 aromatic rings. The van der Waals surface area contributed by atoms with Crippen LogP contribution in [-0.4, -0.2) is 57.5 Å². The summed E-state index contributed by atoms with van der Waals surface area (Å²) < 4.78 is 44.3. The second-order valence-electron chi connectivity index (χ2n) is 9.86. The lowest BCUT2D eigenvalue weighted by atomic mass is 9.78. The molecule has 6 nitrogen and oxygen atoms in total. The summed E-state index contributed by atoms with van der Waals surface area (Å²) in [7, 11) is 0. The molecule has 1 atom stereocenters. The van der Waals surface area contributed by atoms with E-state index in [2.05, 4.69) is 5.32 Å². The summed E-state index contributed by atoms with van der Waals surface area (Å²) >= 11 is 0. The van der Waals surface area contributed by atoms with Crippen LogP contribution in [0.4, 0.5) is 18.0 Å². The molecule has 0 aromatic carbocycles. The molecule has 2 N–H and O–H groups in total. The second-order valence-corrected chi connectivity index (χ2v) is 9.86. The number of piperidine rings is 1. The summed E-state index contributed by atoms with van der Waals surface area (Å²) in [5.41, 5.74) is -3.53. The van der Waals surface area contributed by atoms with E-state index in [9.17, 15) is 27.9 Å². The number of aliphatic hydroxyl groups is 1. The Hall–Kier alpha value is -1.51. The van der Waals surface area contributed by atoms with Gasteiger partial charge >= 0.3 is 12.3 Å². The number of hydrogen-bond donors (Lipinski definition) is 2. The molecule has 166 valence electrons. The molecule has 1 aliphatic heterocycles. The number of likely N-dealkylation sites (tertiary alicyclic amines) is 1. The average Bonchev–Trinajstić information content (AvgIpc) is 3.32. The molecule has 2 saturated carbocycles. The SMILES string of the molecule is CC(C)(C)OC(=O)N1CCC(NC(=O)C2CCC(O)(C(F)(F)F)CC2)CC12CC2. The van der Waals surface area contributed by atoms with Gasteiger partial charge < -0.3 is 20.1 Å². The van der Waals surface area contributed by atoms with Gasteiger partial charge in [0.1, 0.15) is 5.60 Å². The van der Waals surface area contributed by atoms with E-state index in [1.165, 1.54) is 0 Å². The van der Waals surface area contributed by atoms with Gasteiger partial charge in [0.05, 0.1) is 0 Å². The molecule has 0 aromatic heterocycles. The zero-order chi connectivity index (χ0) is 21.7.